The normalized spacial score (nSPS) is 10.6. The van der Waals surface area contributed by atoms with Crippen LogP contribution in [-0.2, 0) is 16.0 Å². The predicted octanol–water partition coefficient (Wildman–Crippen LogP) is -1.34. The maximum Gasteiger partial charge on any atom is 0.332 e. The summed E-state index contributed by atoms with van der Waals surface area (Å²) in [7, 11) is 0. The number of nitrogens with one attached hydrogen (secondary N) is 1. The van der Waals surface area contributed by atoms with Crippen LogP contribution in [0.4, 0.5) is 0 Å². The molecule has 2 amide bonds. The predicted molar refractivity (Wildman–Crippen MR) is 78.2 cm³/mol. The minimum atomic E-state index is -1.32. The number of aromatic amines is 1. The van der Waals surface area contributed by atoms with Crippen LogP contribution >= 0.6 is 0 Å². The molecule has 2 rings (SSSR count). The summed E-state index contributed by atoms with van der Waals surface area (Å²) in [6.45, 7) is 0. The number of benzene rings is 1. The number of aromatic nitrogens is 2. The number of para-hydroxylation sites is 1. The van der Waals surface area contributed by atoms with Crippen LogP contribution in [0.15, 0.2) is 46.1 Å². The van der Waals surface area contributed by atoms with E-state index in [4.69, 9.17) is 11.5 Å². The molecule has 0 aliphatic rings. The molecule has 0 aliphatic carbocycles. The molecule has 0 unspecified atom stereocenters. The van der Waals surface area contributed by atoms with Gasteiger partial charge in [-0.15, -0.1) is 0 Å². The van der Waals surface area contributed by atoms with Crippen molar-refractivity contribution in [2.45, 2.75) is 6.42 Å². The third-order valence-electron chi connectivity index (χ3n) is 3.16. The first-order chi connectivity index (χ1) is 10.4. The highest BCUT2D eigenvalue weighted by Gasteiger charge is 2.24. The number of carbonyl (C=O) groups is 2. The monoisotopic (exact) mass is 302 g/mol. The van der Waals surface area contributed by atoms with Crippen LogP contribution in [0.3, 0.4) is 0 Å². The van der Waals surface area contributed by atoms with Crippen molar-refractivity contribution >= 4 is 11.8 Å². The lowest BCUT2D eigenvalue weighted by molar-refractivity contribution is -0.131. The fraction of sp³-hybridized carbons (Fsp3) is 0.143. The minimum Gasteiger partial charge on any atom is -0.369 e. The fourth-order valence-electron chi connectivity index (χ4n) is 2.00. The number of amides is 2. The van der Waals surface area contributed by atoms with E-state index in [1.54, 1.807) is 30.3 Å². The van der Waals surface area contributed by atoms with Crippen molar-refractivity contribution in [1.82, 2.24) is 9.55 Å². The molecule has 2 aromatic rings. The smallest absolute Gasteiger partial charge is 0.332 e. The zero-order valence-electron chi connectivity index (χ0n) is 11.5. The lowest BCUT2D eigenvalue weighted by Crippen LogP contribution is -2.39. The Morgan fingerprint density at radius 2 is 1.68 bits per heavy atom. The Morgan fingerprint density at radius 1 is 1.09 bits per heavy atom. The number of rotatable bonds is 5. The number of primary amides is 2. The average Bonchev–Trinajstić information content (AvgIpc) is 2.46. The fourth-order valence-corrected chi connectivity index (χ4v) is 2.00. The Balaban J connectivity index is 2.50. The van der Waals surface area contributed by atoms with Gasteiger partial charge in [-0.1, -0.05) is 18.2 Å². The molecule has 5 N–H and O–H groups in total. The summed E-state index contributed by atoms with van der Waals surface area (Å²) >= 11 is 0. The number of H-pyrrole nitrogens is 1. The number of carbonyl (C=O) groups excluding carboxylic acids is 2. The molecule has 0 fully saturated rings. The van der Waals surface area contributed by atoms with Gasteiger partial charge in [-0.05, 0) is 18.6 Å². The van der Waals surface area contributed by atoms with Crippen molar-refractivity contribution < 1.29 is 9.59 Å². The van der Waals surface area contributed by atoms with E-state index >= 15 is 0 Å². The summed E-state index contributed by atoms with van der Waals surface area (Å²) in [5.41, 5.74) is 9.46. The molecule has 8 heteroatoms. The van der Waals surface area contributed by atoms with Crippen LogP contribution < -0.4 is 22.7 Å². The van der Waals surface area contributed by atoms with Gasteiger partial charge in [0, 0.05) is 11.8 Å². The Labute approximate surface area is 124 Å². The van der Waals surface area contributed by atoms with Crippen molar-refractivity contribution in [3.05, 3.63) is 62.9 Å². The SMILES string of the molecule is NC(=O)C(Cc1cn(-c2ccccc2)c(=O)[nH]c1=O)C(N)=O. The third kappa shape index (κ3) is 3.11. The summed E-state index contributed by atoms with van der Waals surface area (Å²) in [5.74, 6) is -3.17. The number of hydrogen-bond acceptors (Lipinski definition) is 4. The average molecular weight is 302 g/mol. The van der Waals surface area contributed by atoms with Crippen LogP contribution in [0.5, 0.6) is 0 Å². The molecule has 114 valence electrons. The Morgan fingerprint density at radius 3 is 2.23 bits per heavy atom. The van der Waals surface area contributed by atoms with E-state index in [0.29, 0.717) is 5.69 Å². The minimum absolute atomic E-state index is 0.0612. The Bertz CT molecular complexity index is 809. The molecule has 0 bridgehead atoms. The maximum absolute atomic E-state index is 11.9. The van der Waals surface area contributed by atoms with Gasteiger partial charge in [-0.3, -0.25) is 23.9 Å². The molecule has 1 aromatic carbocycles. The van der Waals surface area contributed by atoms with Crippen LogP contribution in [0.2, 0.25) is 0 Å². The second-order valence-corrected chi connectivity index (χ2v) is 4.68. The zero-order valence-corrected chi connectivity index (χ0v) is 11.5. The van der Waals surface area contributed by atoms with Crippen LogP contribution in [-0.4, -0.2) is 21.4 Å². The largest absolute Gasteiger partial charge is 0.369 e. The molecule has 22 heavy (non-hydrogen) atoms. The standard InChI is InChI=1S/C14H14N4O4/c15-11(19)10(12(16)20)6-8-7-18(14(22)17-13(8)21)9-4-2-1-3-5-9/h1-5,7,10H,6H2,(H2,15,19)(H2,16,20)(H,17,21,22). The molecule has 0 spiro atoms. The molecule has 0 saturated carbocycles. The quantitative estimate of drug-likeness (QED) is 0.587. The highest BCUT2D eigenvalue weighted by molar-refractivity contribution is 5.99. The highest BCUT2D eigenvalue weighted by atomic mass is 16.2. The number of nitrogens with zero attached hydrogens (tertiary/aromatic N) is 1. The van der Waals surface area contributed by atoms with Crippen molar-refractivity contribution in [2.24, 2.45) is 17.4 Å². The first-order valence-electron chi connectivity index (χ1n) is 6.39. The summed E-state index contributed by atoms with van der Waals surface area (Å²) in [4.78, 5) is 48.3. The van der Waals surface area contributed by atoms with Gasteiger partial charge in [0.2, 0.25) is 11.8 Å². The molecule has 0 atom stereocenters. The van der Waals surface area contributed by atoms with Crippen molar-refractivity contribution in [2.75, 3.05) is 0 Å². The molecular formula is C14H14N4O4. The highest BCUT2D eigenvalue weighted by Crippen LogP contribution is 2.07. The van der Waals surface area contributed by atoms with Gasteiger partial charge in [-0.2, -0.15) is 0 Å². The molecule has 1 aromatic heterocycles. The van der Waals surface area contributed by atoms with E-state index in [1.165, 1.54) is 10.8 Å². The zero-order chi connectivity index (χ0) is 16.3. The van der Waals surface area contributed by atoms with Crippen molar-refractivity contribution in [1.29, 1.82) is 0 Å². The van der Waals surface area contributed by atoms with Gasteiger partial charge in [-0.25, -0.2) is 4.79 Å². The van der Waals surface area contributed by atoms with Gasteiger partial charge in [0.15, 0.2) is 0 Å². The van der Waals surface area contributed by atoms with Gasteiger partial charge < -0.3 is 11.5 Å². The van der Waals surface area contributed by atoms with Gasteiger partial charge >= 0.3 is 5.69 Å². The van der Waals surface area contributed by atoms with Gasteiger partial charge in [0.1, 0.15) is 5.92 Å². The second-order valence-electron chi connectivity index (χ2n) is 4.68. The summed E-state index contributed by atoms with van der Waals surface area (Å²) in [5, 5.41) is 0. The molecular weight excluding hydrogens is 288 g/mol. The van der Waals surface area contributed by atoms with E-state index in [2.05, 4.69) is 4.98 Å². The van der Waals surface area contributed by atoms with Crippen molar-refractivity contribution in [3.8, 4) is 5.69 Å². The second kappa shape index (κ2) is 6.08. The van der Waals surface area contributed by atoms with Crippen molar-refractivity contribution in [3.63, 3.8) is 0 Å². The topological polar surface area (TPSA) is 141 Å². The summed E-state index contributed by atoms with van der Waals surface area (Å²) in [6, 6.07) is 8.56. The Kier molecular flexibility index (Phi) is 4.21. The first kappa shape index (κ1) is 15.2. The van der Waals surface area contributed by atoms with Crippen LogP contribution in [0, 0.1) is 5.92 Å². The van der Waals surface area contributed by atoms with E-state index in [1.807, 2.05) is 0 Å². The molecule has 8 nitrogen and oxygen atoms in total. The van der Waals surface area contributed by atoms with E-state index in [-0.39, 0.29) is 12.0 Å². The van der Waals surface area contributed by atoms with Crippen LogP contribution in [0.1, 0.15) is 5.56 Å². The number of hydrogen-bond donors (Lipinski definition) is 3. The lowest BCUT2D eigenvalue weighted by Gasteiger charge is -2.11. The summed E-state index contributed by atoms with van der Waals surface area (Å²) < 4.78 is 1.20. The lowest BCUT2D eigenvalue weighted by atomic mass is 10.00. The van der Waals surface area contributed by atoms with Crippen LogP contribution in [0.25, 0.3) is 5.69 Å². The Hall–Kier alpha value is -3.16. The summed E-state index contributed by atoms with van der Waals surface area (Å²) in [6.07, 6.45) is 1.00. The molecule has 1 heterocycles. The van der Waals surface area contributed by atoms with E-state index in [9.17, 15) is 19.2 Å². The van der Waals surface area contributed by atoms with Gasteiger partial charge in [0.25, 0.3) is 5.56 Å². The van der Waals surface area contributed by atoms with E-state index < -0.39 is 29.0 Å². The third-order valence-corrected chi connectivity index (χ3v) is 3.16. The first-order valence-corrected chi connectivity index (χ1v) is 6.39. The molecule has 0 saturated heterocycles. The van der Waals surface area contributed by atoms with Gasteiger partial charge in [0.05, 0.1) is 5.69 Å². The molecule has 0 aliphatic heterocycles. The molecule has 0 radical (unpaired) electrons. The number of nitrogens with two attached hydrogens (primary N) is 2. The maximum atomic E-state index is 11.9. The van der Waals surface area contributed by atoms with E-state index in [0.717, 1.165) is 0 Å².